The summed E-state index contributed by atoms with van der Waals surface area (Å²) in [6.45, 7) is 15.7. The van der Waals surface area contributed by atoms with E-state index in [0.29, 0.717) is 18.3 Å². The van der Waals surface area contributed by atoms with Gasteiger partial charge in [0.15, 0.2) is 0 Å². The van der Waals surface area contributed by atoms with Gasteiger partial charge in [0.25, 0.3) is 0 Å². The molecule has 0 saturated heterocycles. The van der Waals surface area contributed by atoms with Gasteiger partial charge in [-0.05, 0) is 77.9 Å². The van der Waals surface area contributed by atoms with Crippen molar-refractivity contribution in [3.63, 3.8) is 0 Å². The maximum Gasteiger partial charge on any atom is 0.306 e. The van der Waals surface area contributed by atoms with Gasteiger partial charge in [-0.25, -0.2) is 0 Å². The van der Waals surface area contributed by atoms with Gasteiger partial charge < -0.3 is 10.2 Å². The lowest BCUT2D eigenvalue weighted by molar-refractivity contribution is -0.143. The maximum absolute atomic E-state index is 12.7. The first-order valence-corrected chi connectivity index (χ1v) is 13.5. The van der Waals surface area contributed by atoms with Crippen molar-refractivity contribution in [1.29, 1.82) is 0 Å². The van der Waals surface area contributed by atoms with Crippen LogP contribution < -0.4 is 0 Å². The molecule has 2 fully saturated rings. The number of aliphatic carboxylic acids is 1. The summed E-state index contributed by atoms with van der Waals surface area (Å²) in [6.07, 6.45) is 11.7. The number of rotatable bonds is 6. The number of fused-ring (bicyclic) bond motifs is 5. The average Bonchev–Trinajstić information content (AvgIpc) is 3.02. The van der Waals surface area contributed by atoms with Crippen LogP contribution in [0.4, 0.5) is 0 Å². The van der Waals surface area contributed by atoms with Crippen LogP contribution in [0.2, 0.25) is 0 Å². The molecule has 8 atom stereocenters. The van der Waals surface area contributed by atoms with Crippen LogP contribution in [-0.2, 0) is 9.59 Å². The first-order valence-electron chi connectivity index (χ1n) is 13.5. The Labute approximate surface area is 206 Å². The van der Waals surface area contributed by atoms with E-state index in [4.69, 9.17) is 0 Å². The second kappa shape index (κ2) is 8.32. The van der Waals surface area contributed by atoms with Gasteiger partial charge in [-0.15, -0.1) is 0 Å². The van der Waals surface area contributed by atoms with Crippen molar-refractivity contribution in [2.75, 3.05) is 0 Å². The normalized spacial score (nSPS) is 42.4. The third-order valence-electron chi connectivity index (χ3n) is 11.4. The highest BCUT2D eigenvalue weighted by Crippen LogP contribution is 2.71. The Morgan fingerprint density at radius 3 is 2.32 bits per heavy atom. The molecule has 0 aromatic heterocycles. The lowest BCUT2D eigenvalue weighted by atomic mass is 9.41. The first kappa shape index (κ1) is 25.7. The number of aliphatic hydroxyl groups is 1. The molecule has 2 N–H and O–H groups in total. The van der Waals surface area contributed by atoms with E-state index >= 15 is 0 Å². The Kier molecular flexibility index (Phi) is 6.28. The molecule has 0 spiro atoms. The van der Waals surface area contributed by atoms with Gasteiger partial charge >= 0.3 is 5.97 Å². The highest BCUT2D eigenvalue weighted by atomic mass is 16.4. The van der Waals surface area contributed by atoms with E-state index in [0.717, 1.165) is 25.7 Å². The summed E-state index contributed by atoms with van der Waals surface area (Å²) in [5.74, 6) is -0.252. The summed E-state index contributed by atoms with van der Waals surface area (Å²) in [7, 11) is 0. The molecule has 0 aliphatic heterocycles. The minimum atomic E-state index is -0.895. The van der Waals surface area contributed by atoms with E-state index < -0.39 is 11.9 Å². The number of carbonyl (C=O) groups excluding carboxylic acids is 1. The molecule has 4 aliphatic carbocycles. The van der Waals surface area contributed by atoms with E-state index in [1.807, 2.05) is 0 Å². The topological polar surface area (TPSA) is 74.6 Å². The van der Waals surface area contributed by atoms with E-state index in [2.05, 4.69) is 53.7 Å². The zero-order valence-corrected chi connectivity index (χ0v) is 22.4. The summed E-state index contributed by atoms with van der Waals surface area (Å²) in [5, 5.41) is 20.0. The number of carbonyl (C=O) groups is 2. The molecule has 190 valence electrons. The number of allylic oxidation sites excluding steroid dienone is 4. The lowest BCUT2D eigenvalue weighted by Crippen LogP contribution is -2.57. The molecule has 3 unspecified atom stereocenters. The highest BCUT2D eigenvalue weighted by Gasteiger charge is 2.63. The molecule has 34 heavy (non-hydrogen) atoms. The lowest BCUT2D eigenvalue weighted by Gasteiger charge is -2.64. The fraction of sp³-hybridized carbons (Fsp3) is 0.800. The van der Waals surface area contributed by atoms with E-state index in [9.17, 15) is 19.8 Å². The number of hydrogen-bond donors (Lipinski definition) is 2. The van der Waals surface area contributed by atoms with Gasteiger partial charge in [0, 0.05) is 12.8 Å². The predicted octanol–water partition coefficient (Wildman–Crippen LogP) is 6.58. The summed E-state index contributed by atoms with van der Waals surface area (Å²) >= 11 is 0. The van der Waals surface area contributed by atoms with E-state index in [-0.39, 0.29) is 45.9 Å². The predicted molar refractivity (Wildman–Crippen MR) is 135 cm³/mol. The van der Waals surface area contributed by atoms with Gasteiger partial charge in [0.05, 0.1) is 12.0 Å². The molecule has 0 radical (unpaired) electrons. The third kappa shape index (κ3) is 3.57. The van der Waals surface area contributed by atoms with Crippen molar-refractivity contribution in [1.82, 2.24) is 0 Å². The quantitative estimate of drug-likeness (QED) is 0.430. The van der Waals surface area contributed by atoms with Gasteiger partial charge in [-0.1, -0.05) is 71.8 Å². The summed E-state index contributed by atoms with van der Waals surface area (Å²) in [5.41, 5.74) is 3.35. The van der Waals surface area contributed by atoms with Crippen LogP contribution in [0.1, 0.15) is 99.8 Å². The van der Waals surface area contributed by atoms with Crippen LogP contribution in [0, 0.1) is 45.3 Å². The van der Waals surface area contributed by atoms with Gasteiger partial charge in [-0.3, -0.25) is 9.59 Å². The molecule has 4 rings (SSSR count). The molecule has 4 heteroatoms. The van der Waals surface area contributed by atoms with Gasteiger partial charge in [-0.2, -0.15) is 0 Å². The second-order valence-electron chi connectivity index (χ2n) is 13.5. The Balaban J connectivity index is 1.59. The molecule has 4 aliphatic rings. The molecular weight excluding hydrogens is 424 g/mol. The van der Waals surface area contributed by atoms with Gasteiger partial charge in [0.1, 0.15) is 5.78 Å². The Bertz CT molecular complexity index is 928. The highest BCUT2D eigenvalue weighted by molar-refractivity contribution is 5.84. The van der Waals surface area contributed by atoms with Crippen LogP contribution in [0.15, 0.2) is 23.3 Å². The van der Waals surface area contributed by atoms with E-state index in [1.54, 1.807) is 12.5 Å². The SMILES string of the molecule is CC(CC(=O)C[C@@H](C)C1=CC[C@@]2(C)C3CCC4C(C)(C)[C@@H](O)CC[C@]4(C)C3=CC[C@]12C)C(=O)O. The standard InChI is InChI=1S/C30H46O4/c1-18(16-20(31)17-19(2)26(33)34)21-10-14-30(7)23-8-9-24-27(3,4)25(32)12-13-28(24,5)22(23)11-15-29(21,30)6/h10-11,18-19,23-25,32H,8-9,12-17H2,1-7H3,(H,33,34)/t18-,19?,23?,24?,25+,28-,29-,30+/m1/s1. The Hall–Kier alpha value is -1.42. The van der Waals surface area contributed by atoms with Crippen LogP contribution >= 0.6 is 0 Å². The summed E-state index contributed by atoms with van der Waals surface area (Å²) in [4.78, 5) is 23.9. The number of hydrogen-bond acceptors (Lipinski definition) is 3. The first-order chi connectivity index (χ1) is 15.7. The van der Waals surface area contributed by atoms with Crippen LogP contribution in [-0.4, -0.2) is 28.1 Å². The molecule has 0 amide bonds. The number of carboxylic acid groups (broad SMARTS) is 1. The number of ketones is 1. The zero-order valence-electron chi connectivity index (χ0n) is 22.4. The molecule has 0 aromatic carbocycles. The molecule has 0 bridgehead atoms. The molecule has 2 saturated carbocycles. The fourth-order valence-electron chi connectivity index (χ4n) is 9.00. The van der Waals surface area contributed by atoms with Crippen LogP contribution in [0.25, 0.3) is 0 Å². The van der Waals surface area contributed by atoms with Crippen molar-refractivity contribution >= 4 is 11.8 Å². The number of aliphatic hydroxyl groups excluding tert-OH is 1. The van der Waals surface area contributed by atoms with Gasteiger partial charge in [0.2, 0.25) is 0 Å². The third-order valence-corrected chi connectivity index (χ3v) is 11.4. The Morgan fingerprint density at radius 2 is 1.68 bits per heavy atom. The molecule has 0 heterocycles. The van der Waals surface area contributed by atoms with E-state index in [1.165, 1.54) is 18.4 Å². The largest absolute Gasteiger partial charge is 0.481 e. The zero-order chi connectivity index (χ0) is 25.3. The Morgan fingerprint density at radius 1 is 1.00 bits per heavy atom. The van der Waals surface area contributed by atoms with Crippen LogP contribution in [0.3, 0.4) is 0 Å². The van der Waals surface area contributed by atoms with Crippen molar-refractivity contribution in [3.8, 4) is 0 Å². The monoisotopic (exact) mass is 470 g/mol. The van der Waals surface area contributed by atoms with Crippen molar-refractivity contribution in [2.24, 2.45) is 45.3 Å². The van der Waals surface area contributed by atoms with Crippen molar-refractivity contribution < 1.29 is 19.8 Å². The average molecular weight is 471 g/mol. The fourth-order valence-corrected chi connectivity index (χ4v) is 9.00. The number of Topliss-reactive ketones (excluding diaryl/α,β-unsaturated/α-hetero) is 1. The number of carboxylic acids is 1. The molecular formula is C30H46O4. The minimum Gasteiger partial charge on any atom is -0.481 e. The molecule has 4 nitrogen and oxygen atoms in total. The van der Waals surface area contributed by atoms with Crippen LogP contribution in [0.5, 0.6) is 0 Å². The van der Waals surface area contributed by atoms with Crippen molar-refractivity contribution in [3.05, 3.63) is 23.3 Å². The van der Waals surface area contributed by atoms with Crippen molar-refractivity contribution in [2.45, 2.75) is 106 Å². The maximum atomic E-state index is 12.7. The second-order valence-corrected chi connectivity index (χ2v) is 13.5. The minimum absolute atomic E-state index is 0.0339. The summed E-state index contributed by atoms with van der Waals surface area (Å²) in [6, 6.07) is 0. The summed E-state index contributed by atoms with van der Waals surface area (Å²) < 4.78 is 0. The molecule has 0 aromatic rings. The smallest absolute Gasteiger partial charge is 0.306 e.